The van der Waals surface area contributed by atoms with Crippen LogP contribution in [0.2, 0.25) is 0 Å². The maximum Gasteiger partial charge on any atom is 0.310 e. The Morgan fingerprint density at radius 2 is 2.07 bits per heavy atom. The summed E-state index contributed by atoms with van der Waals surface area (Å²) >= 11 is 0. The lowest BCUT2D eigenvalue weighted by Crippen LogP contribution is -2.39. The highest BCUT2D eigenvalue weighted by atomic mass is 32.2. The second-order valence-electron chi connectivity index (χ2n) is 3.58. The summed E-state index contributed by atoms with van der Waals surface area (Å²) in [7, 11) is -3.43. The smallest absolute Gasteiger partial charge is 0.310 e. The number of carboxylic acid groups (broad SMARTS) is 1. The van der Waals surface area contributed by atoms with Gasteiger partial charge >= 0.3 is 5.97 Å². The van der Waals surface area contributed by atoms with Gasteiger partial charge in [-0.2, -0.15) is 0 Å². The van der Waals surface area contributed by atoms with Crippen LogP contribution in [0.15, 0.2) is 12.7 Å². The molecule has 0 aromatic carbocycles. The van der Waals surface area contributed by atoms with Gasteiger partial charge in [0.1, 0.15) is 0 Å². The van der Waals surface area contributed by atoms with Crippen LogP contribution in [0, 0.1) is 5.41 Å². The molecule has 0 unspecified atom stereocenters. The zero-order valence-electron chi connectivity index (χ0n) is 8.28. The first-order valence-electron chi connectivity index (χ1n) is 4.03. The van der Waals surface area contributed by atoms with Gasteiger partial charge in [-0.05, 0) is 13.8 Å². The van der Waals surface area contributed by atoms with Crippen LogP contribution in [0.1, 0.15) is 13.8 Å². The molecule has 0 saturated carbocycles. The van der Waals surface area contributed by atoms with Crippen LogP contribution in [0.4, 0.5) is 0 Å². The predicted molar refractivity (Wildman–Crippen MR) is 53.4 cm³/mol. The van der Waals surface area contributed by atoms with Crippen LogP contribution in [0.5, 0.6) is 0 Å². The second-order valence-corrected chi connectivity index (χ2v) is 5.43. The first-order chi connectivity index (χ1) is 6.21. The highest BCUT2D eigenvalue weighted by molar-refractivity contribution is 7.89. The van der Waals surface area contributed by atoms with Crippen LogP contribution in [-0.4, -0.2) is 31.8 Å². The lowest BCUT2D eigenvalue weighted by atomic mass is 9.95. The van der Waals surface area contributed by atoms with Crippen molar-refractivity contribution in [1.29, 1.82) is 0 Å². The largest absolute Gasteiger partial charge is 0.481 e. The van der Waals surface area contributed by atoms with Gasteiger partial charge in [-0.1, -0.05) is 6.08 Å². The summed E-state index contributed by atoms with van der Waals surface area (Å²) in [5.41, 5.74) is -1.10. The van der Waals surface area contributed by atoms with E-state index in [1.165, 1.54) is 19.9 Å². The molecule has 0 amide bonds. The number of nitrogens with one attached hydrogen (secondary N) is 1. The van der Waals surface area contributed by atoms with E-state index in [0.717, 1.165) is 0 Å². The lowest BCUT2D eigenvalue weighted by molar-refractivity contribution is -0.146. The zero-order valence-corrected chi connectivity index (χ0v) is 9.10. The SMILES string of the molecule is C=CCS(=O)(=O)NCC(C)(C)C(=O)O. The van der Waals surface area contributed by atoms with Crippen molar-refractivity contribution in [2.75, 3.05) is 12.3 Å². The minimum absolute atomic E-state index is 0.126. The van der Waals surface area contributed by atoms with Gasteiger partial charge in [0.25, 0.3) is 0 Å². The monoisotopic (exact) mass is 221 g/mol. The molecule has 0 aliphatic heterocycles. The van der Waals surface area contributed by atoms with E-state index in [1.54, 1.807) is 0 Å². The van der Waals surface area contributed by atoms with Crippen LogP contribution in [0.25, 0.3) is 0 Å². The van der Waals surface area contributed by atoms with Gasteiger partial charge in [-0.25, -0.2) is 13.1 Å². The number of hydrogen-bond acceptors (Lipinski definition) is 3. The fraction of sp³-hybridized carbons (Fsp3) is 0.625. The van der Waals surface area contributed by atoms with Gasteiger partial charge in [-0.3, -0.25) is 4.79 Å². The van der Waals surface area contributed by atoms with E-state index >= 15 is 0 Å². The Morgan fingerprint density at radius 3 is 2.43 bits per heavy atom. The van der Waals surface area contributed by atoms with E-state index < -0.39 is 21.4 Å². The summed E-state index contributed by atoms with van der Waals surface area (Å²) in [4.78, 5) is 10.6. The van der Waals surface area contributed by atoms with Crippen molar-refractivity contribution in [2.45, 2.75) is 13.8 Å². The third-order valence-corrected chi connectivity index (χ3v) is 2.91. The Bertz CT molecular complexity index is 318. The van der Waals surface area contributed by atoms with Gasteiger partial charge in [0.15, 0.2) is 0 Å². The fourth-order valence-electron chi connectivity index (χ4n) is 0.580. The average molecular weight is 221 g/mol. The number of carboxylic acids is 1. The zero-order chi connectivity index (χ0) is 11.4. The van der Waals surface area contributed by atoms with E-state index in [1.807, 2.05) is 0 Å². The molecule has 14 heavy (non-hydrogen) atoms. The van der Waals surface area contributed by atoms with Crippen molar-refractivity contribution in [3.05, 3.63) is 12.7 Å². The van der Waals surface area contributed by atoms with Crippen molar-refractivity contribution >= 4 is 16.0 Å². The van der Waals surface area contributed by atoms with Gasteiger partial charge in [0, 0.05) is 6.54 Å². The molecule has 82 valence electrons. The van der Waals surface area contributed by atoms with Crippen LogP contribution < -0.4 is 4.72 Å². The van der Waals surface area contributed by atoms with Crippen molar-refractivity contribution < 1.29 is 18.3 Å². The Morgan fingerprint density at radius 1 is 1.57 bits per heavy atom. The standard InChI is InChI=1S/C8H15NO4S/c1-4-5-14(12,13)9-6-8(2,3)7(10)11/h4,9H,1,5-6H2,2-3H3,(H,10,11). The first-order valence-corrected chi connectivity index (χ1v) is 5.68. The van der Waals surface area contributed by atoms with Gasteiger partial charge in [0.2, 0.25) is 10.0 Å². The number of aliphatic carboxylic acids is 1. The number of carbonyl (C=O) groups is 1. The Balaban J connectivity index is 4.32. The molecule has 6 heteroatoms. The maximum absolute atomic E-state index is 11.1. The van der Waals surface area contributed by atoms with Gasteiger partial charge in [0.05, 0.1) is 11.2 Å². The Kier molecular flexibility index (Phi) is 4.28. The molecule has 0 aliphatic rings. The minimum atomic E-state index is -3.43. The third-order valence-electron chi connectivity index (χ3n) is 1.65. The Labute approximate surface area is 83.9 Å². The van der Waals surface area contributed by atoms with E-state index in [0.29, 0.717) is 0 Å². The van der Waals surface area contributed by atoms with E-state index in [-0.39, 0.29) is 12.3 Å². The lowest BCUT2D eigenvalue weighted by Gasteiger charge is -2.18. The fourth-order valence-corrected chi connectivity index (χ4v) is 1.59. The quantitative estimate of drug-likeness (QED) is 0.628. The summed E-state index contributed by atoms with van der Waals surface area (Å²) in [5, 5.41) is 8.71. The molecule has 5 nitrogen and oxygen atoms in total. The maximum atomic E-state index is 11.1. The predicted octanol–water partition coefficient (Wildman–Crippen LogP) is 0.203. The molecule has 0 saturated heterocycles. The molecule has 0 aromatic rings. The molecule has 0 atom stereocenters. The van der Waals surface area contributed by atoms with Crippen LogP contribution in [-0.2, 0) is 14.8 Å². The highest BCUT2D eigenvalue weighted by Crippen LogP contribution is 2.13. The summed E-state index contributed by atoms with van der Waals surface area (Å²) in [6.45, 7) is 6.06. The molecular weight excluding hydrogens is 206 g/mol. The number of sulfonamides is 1. The minimum Gasteiger partial charge on any atom is -0.481 e. The molecule has 0 aliphatic carbocycles. The summed E-state index contributed by atoms with van der Waals surface area (Å²) in [6, 6.07) is 0. The number of hydrogen-bond donors (Lipinski definition) is 2. The van der Waals surface area contributed by atoms with E-state index in [4.69, 9.17) is 5.11 Å². The summed E-state index contributed by atoms with van der Waals surface area (Å²) in [6.07, 6.45) is 1.25. The highest BCUT2D eigenvalue weighted by Gasteiger charge is 2.28. The molecule has 0 rings (SSSR count). The van der Waals surface area contributed by atoms with Gasteiger partial charge < -0.3 is 5.11 Å². The van der Waals surface area contributed by atoms with Crippen LogP contribution in [0.3, 0.4) is 0 Å². The molecule has 0 heterocycles. The third kappa shape index (κ3) is 4.38. The molecule has 0 spiro atoms. The van der Waals surface area contributed by atoms with Crippen molar-refractivity contribution in [3.63, 3.8) is 0 Å². The molecule has 0 bridgehead atoms. The molecule has 0 aromatic heterocycles. The topological polar surface area (TPSA) is 83.5 Å². The molecular formula is C8H15NO4S. The van der Waals surface area contributed by atoms with Gasteiger partial charge in [-0.15, -0.1) is 6.58 Å². The second kappa shape index (κ2) is 4.56. The normalized spacial score (nSPS) is 12.4. The molecule has 2 N–H and O–H groups in total. The van der Waals surface area contributed by atoms with E-state index in [9.17, 15) is 13.2 Å². The number of rotatable bonds is 6. The summed E-state index contributed by atoms with van der Waals surface area (Å²) in [5.74, 6) is -1.25. The average Bonchev–Trinajstić information content (AvgIpc) is 2.01. The van der Waals surface area contributed by atoms with Crippen molar-refractivity contribution in [2.24, 2.45) is 5.41 Å². The van der Waals surface area contributed by atoms with Crippen LogP contribution >= 0.6 is 0 Å². The first kappa shape index (κ1) is 13.1. The molecule has 0 fully saturated rings. The summed E-state index contributed by atoms with van der Waals surface area (Å²) < 4.78 is 24.5. The van der Waals surface area contributed by atoms with Crippen molar-refractivity contribution in [1.82, 2.24) is 4.72 Å². The Hall–Kier alpha value is -0.880. The van der Waals surface area contributed by atoms with E-state index in [2.05, 4.69) is 11.3 Å². The molecule has 0 radical (unpaired) electrons. The van der Waals surface area contributed by atoms with Crippen molar-refractivity contribution in [3.8, 4) is 0 Å².